The zero-order chi connectivity index (χ0) is 40.6. The van der Waals surface area contributed by atoms with Crippen molar-refractivity contribution in [1.29, 1.82) is 0 Å². The van der Waals surface area contributed by atoms with Gasteiger partial charge in [-0.25, -0.2) is 0 Å². The Morgan fingerprint density at radius 1 is 0.527 bits per heavy atom. The van der Waals surface area contributed by atoms with Crippen molar-refractivity contribution in [2.24, 2.45) is 0 Å². The zero-order valence-electron chi connectivity index (χ0n) is 34.3. The van der Waals surface area contributed by atoms with Crippen LogP contribution in [-0.4, -0.2) is 48.6 Å². The number of ether oxygens (including phenoxy) is 4. The van der Waals surface area contributed by atoms with Crippen molar-refractivity contribution in [3.63, 3.8) is 0 Å². The van der Waals surface area contributed by atoms with Gasteiger partial charge in [-0.2, -0.15) is 0 Å². The number of phenols is 2. The molecule has 2 unspecified atom stereocenters. The van der Waals surface area contributed by atoms with Gasteiger partial charge in [-0.3, -0.25) is 9.59 Å². The second-order valence-electron chi connectivity index (χ2n) is 17.1. The Morgan fingerprint density at radius 3 is 1.20 bits per heavy atom. The van der Waals surface area contributed by atoms with Crippen LogP contribution in [0.3, 0.4) is 0 Å². The van der Waals surface area contributed by atoms with E-state index >= 15 is 0 Å². The van der Waals surface area contributed by atoms with Gasteiger partial charge in [-0.15, -0.1) is 0 Å². The number of aromatic hydroxyl groups is 2. The second-order valence-corrected chi connectivity index (χ2v) is 17.1. The molecule has 0 bridgehead atoms. The third-order valence-electron chi connectivity index (χ3n) is 10.1. The lowest BCUT2D eigenvalue weighted by atomic mass is 9.78. The van der Waals surface area contributed by atoms with Crippen LogP contribution in [0.1, 0.15) is 127 Å². The second kappa shape index (κ2) is 18.1. The minimum atomic E-state index is -0.291. The Labute approximate surface area is 327 Å². The van der Waals surface area contributed by atoms with Gasteiger partial charge in [-0.05, 0) is 92.4 Å². The predicted molar refractivity (Wildman–Crippen MR) is 218 cm³/mol. The third-order valence-corrected chi connectivity index (χ3v) is 10.1. The zero-order valence-corrected chi connectivity index (χ0v) is 34.3. The number of benzene rings is 4. The van der Waals surface area contributed by atoms with Crippen molar-refractivity contribution >= 4 is 11.9 Å². The molecular formula is C47H60O8. The van der Waals surface area contributed by atoms with Gasteiger partial charge >= 0.3 is 11.9 Å². The molecule has 0 radical (unpaired) electrons. The largest absolute Gasteiger partial charge is 0.508 e. The lowest BCUT2D eigenvalue weighted by Crippen LogP contribution is -2.19. The molecule has 4 aromatic carbocycles. The molecule has 0 aliphatic rings. The normalized spacial score (nSPS) is 13.1. The van der Waals surface area contributed by atoms with Crippen LogP contribution in [0.4, 0.5) is 0 Å². The van der Waals surface area contributed by atoms with Crippen molar-refractivity contribution in [3.05, 3.63) is 118 Å². The Hall–Kier alpha value is -4.98. The van der Waals surface area contributed by atoms with Gasteiger partial charge < -0.3 is 29.2 Å². The summed E-state index contributed by atoms with van der Waals surface area (Å²) in [5, 5.41) is 20.5. The fourth-order valence-corrected chi connectivity index (χ4v) is 6.51. The molecule has 2 N–H and O–H groups in total. The standard InChI is InChI=1S/C47H60O8/c1-31(33-11-21-41(48)39(29-33)45(3,4)5)27-43(50)54-25-23-52-37-17-13-35(14-18-37)47(9,10)36-15-19-38(20-16-36)53-24-26-55-44(51)28-32(2)34-12-22-42(49)40(30-34)46(6,7)8/h11-22,29-32,48-49H,23-28H2,1-10H3. The van der Waals surface area contributed by atoms with Crippen LogP contribution >= 0.6 is 0 Å². The molecule has 0 heterocycles. The fraction of sp³-hybridized carbons (Fsp3) is 0.447. The van der Waals surface area contributed by atoms with Crippen molar-refractivity contribution in [2.45, 2.75) is 110 Å². The van der Waals surface area contributed by atoms with Crippen LogP contribution in [0.5, 0.6) is 23.0 Å². The van der Waals surface area contributed by atoms with Crippen LogP contribution in [0.2, 0.25) is 0 Å². The lowest BCUT2D eigenvalue weighted by Gasteiger charge is -2.26. The monoisotopic (exact) mass is 752 g/mol. The summed E-state index contributed by atoms with van der Waals surface area (Å²) >= 11 is 0. The number of carbonyl (C=O) groups excluding carboxylic acids is 2. The number of rotatable bonds is 16. The average Bonchev–Trinajstić information content (AvgIpc) is 3.11. The van der Waals surface area contributed by atoms with E-state index in [2.05, 4.69) is 13.8 Å². The van der Waals surface area contributed by atoms with E-state index in [-0.39, 0.29) is 90.8 Å². The highest BCUT2D eigenvalue weighted by molar-refractivity contribution is 5.71. The van der Waals surface area contributed by atoms with Crippen LogP contribution in [0, 0.1) is 0 Å². The molecular weight excluding hydrogens is 693 g/mol. The minimum Gasteiger partial charge on any atom is -0.508 e. The Bertz CT molecular complexity index is 1740. The predicted octanol–water partition coefficient (Wildman–Crippen LogP) is 10.3. The lowest BCUT2D eigenvalue weighted by molar-refractivity contribution is -0.145. The third kappa shape index (κ3) is 12.0. The molecule has 0 saturated carbocycles. The van der Waals surface area contributed by atoms with E-state index in [1.165, 1.54) is 0 Å². The van der Waals surface area contributed by atoms with Crippen LogP contribution in [-0.2, 0) is 35.3 Å². The molecule has 0 spiro atoms. The first-order valence-electron chi connectivity index (χ1n) is 19.2. The minimum absolute atomic E-state index is 0.0483. The van der Waals surface area contributed by atoms with E-state index in [4.69, 9.17) is 18.9 Å². The van der Waals surface area contributed by atoms with Gasteiger partial charge in [0.1, 0.15) is 49.4 Å². The fourth-order valence-electron chi connectivity index (χ4n) is 6.51. The van der Waals surface area contributed by atoms with Crippen molar-refractivity contribution in [2.75, 3.05) is 26.4 Å². The van der Waals surface area contributed by atoms with Gasteiger partial charge in [0.25, 0.3) is 0 Å². The van der Waals surface area contributed by atoms with E-state index in [9.17, 15) is 19.8 Å². The van der Waals surface area contributed by atoms with Crippen molar-refractivity contribution in [1.82, 2.24) is 0 Å². The van der Waals surface area contributed by atoms with Gasteiger partial charge in [0, 0.05) is 5.41 Å². The molecule has 4 rings (SSSR count). The van der Waals surface area contributed by atoms with Crippen molar-refractivity contribution in [3.8, 4) is 23.0 Å². The molecule has 2 atom stereocenters. The maximum atomic E-state index is 12.5. The molecule has 0 aliphatic heterocycles. The molecule has 0 fully saturated rings. The summed E-state index contributed by atoms with van der Waals surface area (Å²) in [6, 6.07) is 26.9. The Kier molecular flexibility index (Phi) is 14.1. The average molecular weight is 753 g/mol. The summed E-state index contributed by atoms with van der Waals surface area (Å²) in [6.45, 7) is 21.4. The summed E-state index contributed by atoms with van der Waals surface area (Å²) in [4.78, 5) is 25.1. The summed E-state index contributed by atoms with van der Waals surface area (Å²) in [5.41, 5.74) is 5.22. The molecule has 4 aromatic rings. The molecule has 8 nitrogen and oxygen atoms in total. The Morgan fingerprint density at radius 2 is 0.873 bits per heavy atom. The summed E-state index contributed by atoms with van der Waals surface area (Å²) in [7, 11) is 0. The summed E-state index contributed by atoms with van der Waals surface area (Å²) < 4.78 is 22.6. The molecule has 55 heavy (non-hydrogen) atoms. The van der Waals surface area contributed by atoms with Gasteiger partial charge in [0.05, 0.1) is 12.8 Å². The molecule has 0 amide bonds. The smallest absolute Gasteiger partial charge is 0.306 e. The van der Waals surface area contributed by atoms with E-state index < -0.39 is 0 Å². The first kappa shape index (κ1) is 42.8. The first-order valence-corrected chi connectivity index (χ1v) is 19.2. The molecule has 0 aliphatic carbocycles. The van der Waals surface area contributed by atoms with Gasteiger partial charge in [0.2, 0.25) is 0 Å². The summed E-state index contributed by atoms with van der Waals surface area (Å²) in [5.74, 6) is 1.23. The maximum absolute atomic E-state index is 12.5. The number of hydrogen-bond donors (Lipinski definition) is 2. The molecule has 0 aromatic heterocycles. The van der Waals surface area contributed by atoms with Gasteiger partial charge in [0.15, 0.2) is 0 Å². The maximum Gasteiger partial charge on any atom is 0.306 e. The number of phenolic OH excluding ortho intramolecular Hbond substituents is 2. The molecule has 8 heteroatoms. The van der Waals surface area contributed by atoms with E-state index in [1.54, 1.807) is 12.1 Å². The number of esters is 2. The topological polar surface area (TPSA) is 112 Å². The highest BCUT2D eigenvalue weighted by atomic mass is 16.6. The quantitative estimate of drug-likeness (QED) is 0.0860. The van der Waals surface area contributed by atoms with Crippen molar-refractivity contribution < 1.29 is 38.7 Å². The first-order chi connectivity index (χ1) is 25.8. The van der Waals surface area contributed by atoms with Crippen LogP contribution < -0.4 is 9.47 Å². The van der Waals surface area contributed by atoms with E-state index in [1.807, 2.05) is 128 Å². The van der Waals surface area contributed by atoms with Crippen LogP contribution in [0.15, 0.2) is 84.9 Å². The molecule has 296 valence electrons. The van der Waals surface area contributed by atoms with Gasteiger partial charge in [-0.1, -0.05) is 118 Å². The SMILES string of the molecule is CC(CC(=O)OCCOc1ccc(C(C)(C)c2ccc(OCCOC(=O)CC(C)c3ccc(O)c(C(C)(C)C)c3)cc2)cc1)c1ccc(O)c(C(C)(C)C)c1. The van der Waals surface area contributed by atoms with E-state index in [0.717, 1.165) is 33.4 Å². The van der Waals surface area contributed by atoms with E-state index in [0.29, 0.717) is 11.5 Å². The highest BCUT2D eigenvalue weighted by Gasteiger charge is 2.24. The highest BCUT2D eigenvalue weighted by Crippen LogP contribution is 2.36. The number of carbonyl (C=O) groups is 2. The Balaban J connectivity index is 1.17. The molecule has 0 saturated heterocycles. The van der Waals surface area contributed by atoms with Crippen LogP contribution in [0.25, 0.3) is 0 Å². The number of hydrogen-bond acceptors (Lipinski definition) is 8. The summed E-state index contributed by atoms with van der Waals surface area (Å²) in [6.07, 6.45) is 0.478.